The number of oxime groups is 1. The van der Waals surface area contributed by atoms with Gasteiger partial charge in [0.1, 0.15) is 11.5 Å². The summed E-state index contributed by atoms with van der Waals surface area (Å²) in [6, 6.07) is 5.34. The van der Waals surface area contributed by atoms with E-state index in [0.717, 1.165) is 11.4 Å². The van der Waals surface area contributed by atoms with Crippen LogP contribution in [0.15, 0.2) is 29.6 Å². The smallest absolute Gasteiger partial charge is 0.175 e. The first-order chi connectivity index (χ1) is 9.52. The highest BCUT2D eigenvalue weighted by molar-refractivity contribution is 6.00. The first kappa shape index (κ1) is 13.8. The molecule has 0 saturated carbocycles. The normalized spacial score (nSPS) is 11.4. The summed E-state index contributed by atoms with van der Waals surface area (Å²) in [5, 5.41) is 11.9. The van der Waals surface area contributed by atoms with Gasteiger partial charge >= 0.3 is 0 Å². The quantitative estimate of drug-likeness (QED) is 0.387. The topological polar surface area (TPSA) is 93.6 Å². The summed E-state index contributed by atoms with van der Waals surface area (Å²) in [6.07, 6.45) is 1.69. The molecule has 0 aromatic carbocycles. The van der Waals surface area contributed by atoms with Gasteiger partial charge in [-0.25, -0.2) is 0 Å². The molecule has 0 unspecified atom stereocenters. The molecule has 104 valence electrons. The average molecular weight is 272 g/mol. The van der Waals surface area contributed by atoms with Crippen LogP contribution < -0.4 is 10.5 Å². The van der Waals surface area contributed by atoms with E-state index in [1.807, 2.05) is 19.9 Å². The standard InChI is InChI=1S/C14H16N4O2/c1-8-7-12(13(10(3)17-8)14(15)18-19)20-11-5-4-6-16-9(11)2/h4-7,19H,1-3H3,(H2,15,18). The fourth-order valence-corrected chi connectivity index (χ4v) is 1.93. The molecule has 20 heavy (non-hydrogen) atoms. The number of aromatic nitrogens is 2. The van der Waals surface area contributed by atoms with E-state index in [2.05, 4.69) is 15.1 Å². The zero-order valence-corrected chi connectivity index (χ0v) is 11.6. The van der Waals surface area contributed by atoms with Crippen molar-refractivity contribution < 1.29 is 9.94 Å². The molecule has 0 radical (unpaired) electrons. The second-order valence-corrected chi connectivity index (χ2v) is 4.40. The van der Waals surface area contributed by atoms with Crippen LogP contribution in [0.5, 0.6) is 11.5 Å². The van der Waals surface area contributed by atoms with Gasteiger partial charge in [-0.1, -0.05) is 5.16 Å². The van der Waals surface area contributed by atoms with Gasteiger partial charge in [-0.05, 0) is 32.9 Å². The molecule has 0 fully saturated rings. The minimum Gasteiger partial charge on any atom is -0.455 e. The SMILES string of the molecule is Cc1cc(Oc2cccnc2C)c(/C(N)=N/O)c(C)n1. The van der Waals surface area contributed by atoms with E-state index in [-0.39, 0.29) is 5.84 Å². The zero-order chi connectivity index (χ0) is 14.7. The Kier molecular flexibility index (Phi) is 3.84. The predicted molar refractivity (Wildman–Crippen MR) is 75.3 cm³/mol. The Balaban J connectivity index is 2.53. The Morgan fingerprint density at radius 3 is 2.65 bits per heavy atom. The van der Waals surface area contributed by atoms with E-state index < -0.39 is 0 Å². The lowest BCUT2D eigenvalue weighted by Gasteiger charge is -2.14. The molecule has 6 nitrogen and oxygen atoms in total. The minimum atomic E-state index is -0.0356. The van der Waals surface area contributed by atoms with Gasteiger partial charge in [0.05, 0.1) is 17.0 Å². The van der Waals surface area contributed by atoms with Crippen LogP contribution in [0.2, 0.25) is 0 Å². The number of ether oxygens (including phenoxy) is 1. The lowest BCUT2D eigenvalue weighted by Crippen LogP contribution is -2.17. The third-order valence-corrected chi connectivity index (χ3v) is 2.83. The molecule has 2 aromatic heterocycles. The van der Waals surface area contributed by atoms with Gasteiger partial charge in [0.2, 0.25) is 0 Å². The fourth-order valence-electron chi connectivity index (χ4n) is 1.93. The monoisotopic (exact) mass is 272 g/mol. The van der Waals surface area contributed by atoms with Gasteiger partial charge in [-0.15, -0.1) is 0 Å². The van der Waals surface area contributed by atoms with E-state index in [1.165, 1.54) is 0 Å². The van der Waals surface area contributed by atoms with Crippen LogP contribution in [0.4, 0.5) is 0 Å². The van der Waals surface area contributed by atoms with Gasteiger partial charge in [0.25, 0.3) is 0 Å². The van der Waals surface area contributed by atoms with Crippen LogP contribution in [0, 0.1) is 20.8 Å². The van der Waals surface area contributed by atoms with Crippen molar-refractivity contribution >= 4 is 5.84 Å². The summed E-state index contributed by atoms with van der Waals surface area (Å²) in [6.45, 7) is 5.48. The number of hydrogen-bond donors (Lipinski definition) is 2. The van der Waals surface area contributed by atoms with Crippen molar-refractivity contribution in [1.29, 1.82) is 0 Å². The zero-order valence-electron chi connectivity index (χ0n) is 11.6. The Bertz CT molecular complexity index is 668. The predicted octanol–water partition coefficient (Wildman–Crippen LogP) is 2.29. The van der Waals surface area contributed by atoms with Crippen LogP contribution in [0.1, 0.15) is 22.6 Å². The van der Waals surface area contributed by atoms with Gasteiger partial charge in [0, 0.05) is 18.0 Å². The van der Waals surface area contributed by atoms with Crippen molar-refractivity contribution in [3.63, 3.8) is 0 Å². The summed E-state index contributed by atoms with van der Waals surface area (Å²) in [4.78, 5) is 8.46. The van der Waals surface area contributed by atoms with Crippen LogP contribution in [0.3, 0.4) is 0 Å². The molecule has 0 aliphatic carbocycles. The molecule has 0 aliphatic rings. The van der Waals surface area contributed by atoms with Gasteiger partial charge in [0.15, 0.2) is 5.84 Å². The number of rotatable bonds is 3. The van der Waals surface area contributed by atoms with E-state index in [0.29, 0.717) is 22.8 Å². The van der Waals surface area contributed by atoms with Gasteiger partial charge in [-0.2, -0.15) is 0 Å². The molecule has 0 saturated heterocycles. The third-order valence-electron chi connectivity index (χ3n) is 2.83. The van der Waals surface area contributed by atoms with E-state index in [4.69, 9.17) is 15.7 Å². The summed E-state index contributed by atoms with van der Waals surface area (Å²) < 4.78 is 5.85. The highest BCUT2D eigenvalue weighted by Gasteiger charge is 2.15. The van der Waals surface area contributed by atoms with Crippen LogP contribution in [-0.4, -0.2) is 21.0 Å². The van der Waals surface area contributed by atoms with Crippen molar-refractivity contribution in [3.8, 4) is 11.5 Å². The maximum absolute atomic E-state index is 8.89. The molecular weight excluding hydrogens is 256 g/mol. The van der Waals surface area contributed by atoms with Crippen LogP contribution in [0.25, 0.3) is 0 Å². The van der Waals surface area contributed by atoms with Crippen LogP contribution >= 0.6 is 0 Å². The average Bonchev–Trinajstić information content (AvgIpc) is 2.40. The maximum Gasteiger partial charge on any atom is 0.175 e. The van der Waals surface area contributed by atoms with Crippen molar-refractivity contribution in [2.75, 3.05) is 0 Å². The number of aryl methyl sites for hydroxylation is 3. The number of pyridine rings is 2. The Labute approximate surface area is 116 Å². The van der Waals surface area contributed by atoms with E-state index >= 15 is 0 Å². The van der Waals surface area contributed by atoms with Crippen LogP contribution in [-0.2, 0) is 0 Å². The van der Waals surface area contributed by atoms with E-state index in [9.17, 15) is 0 Å². The highest BCUT2D eigenvalue weighted by atomic mass is 16.5. The number of amidine groups is 1. The molecule has 2 aromatic rings. The number of hydrogen-bond acceptors (Lipinski definition) is 5. The molecular formula is C14H16N4O2. The lowest BCUT2D eigenvalue weighted by molar-refractivity contribution is 0.318. The lowest BCUT2D eigenvalue weighted by atomic mass is 10.1. The number of nitrogens with two attached hydrogens (primary N) is 1. The molecule has 0 atom stereocenters. The molecule has 2 heterocycles. The second kappa shape index (κ2) is 5.56. The first-order valence-corrected chi connectivity index (χ1v) is 6.08. The fraction of sp³-hybridized carbons (Fsp3) is 0.214. The van der Waals surface area contributed by atoms with Crippen molar-refractivity contribution in [2.45, 2.75) is 20.8 Å². The van der Waals surface area contributed by atoms with Gasteiger partial charge in [-0.3, -0.25) is 9.97 Å². The minimum absolute atomic E-state index is 0.0356. The summed E-state index contributed by atoms with van der Waals surface area (Å²) in [5.74, 6) is 1.07. The molecule has 0 spiro atoms. The third kappa shape index (κ3) is 2.69. The van der Waals surface area contributed by atoms with E-state index in [1.54, 1.807) is 25.3 Å². The Hall–Kier alpha value is -2.63. The largest absolute Gasteiger partial charge is 0.455 e. The van der Waals surface area contributed by atoms with Crippen molar-refractivity contribution in [3.05, 3.63) is 47.0 Å². The van der Waals surface area contributed by atoms with Gasteiger partial charge < -0.3 is 15.7 Å². The Morgan fingerprint density at radius 2 is 2.00 bits per heavy atom. The Morgan fingerprint density at radius 1 is 1.25 bits per heavy atom. The molecule has 0 amide bonds. The van der Waals surface area contributed by atoms with Crippen molar-refractivity contribution in [2.24, 2.45) is 10.9 Å². The van der Waals surface area contributed by atoms with Crippen molar-refractivity contribution in [1.82, 2.24) is 9.97 Å². The summed E-state index contributed by atoms with van der Waals surface area (Å²) in [5.41, 5.74) is 8.35. The molecule has 6 heteroatoms. The molecule has 2 rings (SSSR count). The summed E-state index contributed by atoms with van der Waals surface area (Å²) >= 11 is 0. The highest BCUT2D eigenvalue weighted by Crippen LogP contribution is 2.28. The first-order valence-electron chi connectivity index (χ1n) is 6.08. The molecule has 0 aliphatic heterocycles. The summed E-state index contributed by atoms with van der Waals surface area (Å²) in [7, 11) is 0. The number of nitrogens with zero attached hydrogens (tertiary/aromatic N) is 3. The molecule has 0 bridgehead atoms. The maximum atomic E-state index is 8.89. The molecule has 3 N–H and O–H groups in total. The second-order valence-electron chi connectivity index (χ2n) is 4.40.